The van der Waals surface area contributed by atoms with Gasteiger partial charge in [-0.15, -0.1) is 0 Å². The van der Waals surface area contributed by atoms with E-state index in [-0.39, 0.29) is 18.1 Å². The Hall–Kier alpha value is -0.910. The van der Waals surface area contributed by atoms with Crippen LogP contribution in [0.1, 0.15) is 18.9 Å². The maximum Gasteiger partial charge on any atom is 0.150 e. The van der Waals surface area contributed by atoms with Crippen LogP contribution < -0.4 is 0 Å². The summed E-state index contributed by atoms with van der Waals surface area (Å²) in [4.78, 5) is 2.08. The Labute approximate surface area is 116 Å². The van der Waals surface area contributed by atoms with Crippen LogP contribution in [0.2, 0.25) is 0 Å². The zero-order chi connectivity index (χ0) is 14.1. The molecule has 0 fully saturated rings. The van der Waals surface area contributed by atoms with Crippen LogP contribution in [0.4, 0.5) is 0 Å². The first-order chi connectivity index (χ1) is 9.07. The summed E-state index contributed by atoms with van der Waals surface area (Å²) in [6.07, 6.45) is 0.614. The zero-order valence-corrected chi connectivity index (χ0v) is 12.3. The van der Waals surface area contributed by atoms with Gasteiger partial charge in [-0.05, 0) is 18.5 Å². The van der Waals surface area contributed by atoms with Crippen molar-refractivity contribution in [2.45, 2.75) is 19.9 Å². The third kappa shape index (κ3) is 6.71. The predicted molar refractivity (Wildman–Crippen MR) is 77.7 cm³/mol. The minimum atomic E-state index is -2.89. The molecule has 0 aliphatic rings. The van der Waals surface area contributed by atoms with Crippen molar-refractivity contribution in [1.29, 1.82) is 0 Å². The van der Waals surface area contributed by atoms with Gasteiger partial charge in [-0.3, -0.25) is 4.90 Å². The molecule has 0 bridgehead atoms. The highest BCUT2D eigenvalue weighted by Crippen LogP contribution is 2.05. The van der Waals surface area contributed by atoms with Gasteiger partial charge in [-0.2, -0.15) is 0 Å². The number of hydrogen-bond acceptors (Lipinski definition) is 4. The van der Waals surface area contributed by atoms with Crippen LogP contribution in [0.25, 0.3) is 0 Å². The minimum absolute atomic E-state index is 0.0906. The second-order valence-electron chi connectivity index (χ2n) is 4.58. The van der Waals surface area contributed by atoms with Gasteiger partial charge >= 0.3 is 0 Å². The lowest BCUT2D eigenvalue weighted by Crippen LogP contribution is -2.29. The van der Waals surface area contributed by atoms with E-state index in [1.807, 2.05) is 30.3 Å². The molecule has 0 spiro atoms. The van der Waals surface area contributed by atoms with E-state index in [1.165, 1.54) is 5.56 Å². The number of hydrogen-bond donors (Lipinski definition) is 1. The molecule has 0 radical (unpaired) electrons. The SMILES string of the molecule is CCS(=O)(=O)CCCN(CCO)Cc1ccccc1. The second kappa shape index (κ2) is 8.30. The fraction of sp³-hybridized carbons (Fsp3) is 0.571. The van der Waals surface area contributed by atoms with E-state index < -0.39 is 9.84 Å². The van der Waals surface area contributed by atoms with Crippen molar-refractivity contribution in [3.05, 3.63) is 35.9 Å². The molecule has 0 unspecified atom stereocenters. The summed E-state index contributed by atoms with van der Waals surface area (Å²) in [5.41, 5.74) is 1.18. The van der Waals surface area contributed by atoms with E-state index >= 15 is 0 Å². The van der Waals surface area contributed by atoms with Crippen molar-refractivity contribution in [2.75, 3.05) is 31.2 Å². The Morgan fingerprint density at radius 2 is 1.84 bits per heavy atom. The van der Waals surface area contributed by atoms with Crippen LogP contribution >= 0.6 is 0 Å². The number of nitrogens with zero attached hydrogens (tertiary/aromatic N) is 1. The van der Waals surface area contributed by atoms with E-state index in [9.17, 15) is 8.42 Å². The highest BCUT2D eigenvalue weighted by Gasteiger charge is 2.10. The number of benzene rings is 1. The van der Waals surface area contributed by atoms with Crippen molar-refractivity contribution >= 4 is 9.84 Å². The van der Waals surface area contributed by atoms with Crippen LogP contribution in [0.3, 0.4) is 0 Å². The largest absolute Gasteiger partial charge is 0.395 e. The van der Waals surface area contributed by atoms with Gasteiger partial charge in [0.25, 0.3) is 0 Å². The van der Waals surface area contributed by atoms with Gasteiger partial charge in [0.15, 0.2) is 0 Å². The van der Waals surface area contributed by atoms with Gasteiger partial charge in [-0.1, -0.05) is 37.3 Å². The molecule has 1 aromatic carbocycles. The van der Waals surface area contributed by atoms with E-state index in [0.717, 1.165) is 6.54 Å². The predicted octanol–water partition coefficient (Wildman–Crippen LogP) is 1.31. The number of aliphatic hydroxyl groups is 1. The summed E-state index contributed by atoms with van der Waals surface area (Å²) in [7, 11) is -2.89. The molecule has 19 heavy (non-hydrogen) atoms. The highest BCUT2D eigenvalue weighted by atomic mass is 32.2. The summed E-state index contributed by atoms with van der Waals surface area (Å²) in [6.45, 7) is 3.77. The first kappa shape index (κ1) is 16.1. The van der Waals surface area contributed by atoms with Gasteiger partial charge < -0.3 is 5.11 Å². The number of sulfone groups is 1. The van der Waals surface area contributed by atoms with Crippen LogP contribution in [-0.2, 0) is 16.4 Å². The molecule has 1 rings (SSSR count). The van der Waals surface area contributed by atoms with Crippen molar-refractivity contribution in [1.82, 2.24) is 4.90 Å². The van der Waals surface area contributed by atoms with Crippen LogP contribution in [-0.4, -0.2) is 49.6 Å². The van der Waals surface area contributed by atoms with Crippen LogP contribution in [0.15, 0.2) is 30.3 Å². The maximum absolute atomic E-state index is 11.4. The van der Waals surface area contributed by atoms with E-state index in [4.69, 9.17) is 5.11 Å². The highest BCUT2D eigenvalue weighted by molar-refractivity contribution is 7.91. The van der Waals surface area contributed by atoms with Crippen LogP contribution in [0.5, 0.6) is 0 Å². The van der Waals surface area contributed by atoms with Crippen molar-refractivity contribution < 1.29 is 13.5 Å². The minimum Gasteiger partial charge on any atom is -0.395 e. The monoisotopic (exact) mass is 285 g/mol. The van der Waals surface area contributed by atoms with Crippen LogP contribution in [0, 0.1) is 0 Å². The first-order valence-electron chi connectivity index (χ1n) is 6.65. The maximum atomic E-state index is 11.4. The summed E-state index contributed by atoms with van der Waals surface area (Å²) < 4.78 is 22.9. The number of rotatable bonds is 9. The Morgan fingerprint density at radius 3 is 2.42 bits per heavy atom. The molecule has 0 atom stereocenters. The fourth-order valence-corrected chi connectivity index (χ4v) is 2.76. The van der Waals surface area contributed by atoms with E-state index in [0.29, 0.717) is 19.5 Å². The zero-order valence-electron chi connectivity index (χ0n) is 11.5. The fourth-order valence-electron chi connectivity index (χ4n) is 1.91. The molecule has 0 saturated heterocycles. The Balaban J connectivity index is 2.45. The molecule has 0 aliphatic carbocycles. The average molecular weight is 285 g/mol. The lowest BCUT2D eigenvalue weighted by Gasteiger charge is -2.21. The molecule has 1 N–H and O–H groups in total. The molecule has 0 heterocycles. The van der Waals surface area contributed by atoms with Crippen molar-refractivity contribution in [2.24, 2.45) is 0 Å². The van der Waals surface area contributed by atoms with Crippen molar-refractivity contribution in [3.63, 3.8) is 0 Å². The van der Waals surface area contributed by atoms with Gasteiger partial charge in [0.1, 0.15) is 9.84 Å². The molecule has 5 heteroatoms. The van der Waals surface area contributed by atoms with E-state index in [2.05, 4.69) is 4.90 Å². The average Bonchev–Trinajstić information content (AvgIpc) is 2.40. The molecule has 0 aromatic heterocycles. The third-order valence-corrected chi connectivity index (χ3v) is 4.83. The molecule has 0 saturated carbocycles. The molecular weight excluding hydrogens is 262 g/mol. The van der Waals surface area contributed by atoms with Gasteiger partial charge in [0.2, 0.25) is 0 Å². The van der Waals surface area contributed by atoms with Gasteiger partial charge in [0.05, 0.1) is 12.4 Å². The summed E-state index contributed by atoms with van der Waals surface area (Å²) in [5, 5.41) is 9.06. The summed E-state index contributed by atoms with van der Waals surface area (Å²) in [6, 6.07) is 10.00. The second-order valence-corrected chi connectivity index (χ2v) is 7.05. The normalized spacial score (nSPS) is 11.9. The lowest BCUT2D eigenvalue weighted by atomic mass is 10.2. The standard InChI is InChI=1S/C14H23NO3S/c1-2-19(17,18)12-6-9-15(10-11-16)13-14-7-4-3-5-8-14/h3-5,7-8,16H,2,6,9-13H2,1H3. The number of aliphatic hydroxyl groups excluding tert-OH is 1. The third-order valence-electron chi connectivity index (χ3n) is 3.03. The Bertz CT molecular complexity index is 445. The summed E-state index contributed by atoms with van der Waals surface area (Å²) >= 11 is 0. The lowest BCUT2D eigenvalue weighted by molar-refractivity contribution is 0.190. The molecule has 4 nitrogen and oxygen atoms in total. The van der Waals surface area contributed by atoms with Gasteiger partial charge in [-0.25, -0.2) is 8.42 Å². The molecular formula is C14H23NO3S. The van der Waals surface area contributed by atoms with Gasteiger partial charge in [0, 0.05) is 18.8 Å². The smallest absolute Gasteiger partial charge is 0.150 e. The molecule has 1 aromatic rings. The topological polar surface area (TPSA) is 57.6 Å². The summed E-state index contributed by atoms with van der Waals surface area (Å²) in [5.74, 6) is 0.423. The molecule has 0 amide bonds. The quantitative estimate of drug-likeness (QED) is 0.743. The Kier molecular flexibility index (Phi) is 7.05. The Morgan fingerprint density at radius 1 is 1.16 bits per heavy atom. The molecule has 0 aliphatic heterocycles. The molecule has 108 valence electrons. The first-order valence-corrected chi connectivity index (χ1v) is 8.47. The van der Waals surface area contributed by atoms with E-state index in [1.54, 1.807) is 6.92 Å². The van der Waals surface area contributed by atoms with Crippen molar-refractivity contribution in [3.8, 4) is 0 Å².